The minimum atomic E-state index is -0.751. The first-order valence-electron chi connectivity index (χ1n) is 11.7. The second-order valence-corrected chi connectivity index (χ2v) is 9.31. The summed E-state index contributed by atoms with van der Waals surface area (Å²) in [5.74, 6) is 0.275. The van der Waals surface area contributed by atoms with Crippen molar-refractivity contribution in [1.82, 2.24) is 4.57 Å². The Bertz CT molecular complexity index is 1650. The molecule has 0 bridgehead atoms. The summed E-state index contributed by atoms with van der Waals surface area (Å²) in [7, 11) is 1.58. The molecule has 2 heterocycles. The van der Waals surface area contributed by atoms with Crippen molar-refractivity contribution >= 4 is 29.1 Å². The Kier molecular flexibility index (Phi) is 6.74. The number of hydrogen-bond acceptors (Lipinski definition) is 7. The summed E-state index contributed by atoms with van der Waals surface area (Å²) in [5, 5.41) is 9.62. The van der Waals surface area contributed by atoms with Crippen molar-refractivity contribution in [3.8, 4) is 11.5 Å². The van der Waals surface area contributed by atoms with Crippen LogP contribution < -0.4 is 19.6 Å². The molecule has 0 saturated carbocycles. The maximum atomic E-state index is 13.8. The van der Waals surface area contributed by atoms with E-state index in [1.807, 2.05) is 42.5 Å². The van der Waals surface area contributed by atoms with Crippen molar-refractivity contribution < 1.29 is 19.4 Å². The van der Waals surface area contributed by atoms with Gasteiger partial charge in [0.05, 0.1) is 35.6 Å². The van der Waals surface area contributed by atoms with Gasteiger partial charge in [0.15, 0.2) is 4.80 Å². The van der Waals surface area contributed by atoms with Crippen LogP contribution in [0.1, 0.15) is 29.7 Å². The lowest BCUT2D eigenvalue weighted by atomic mass is 9.93. The fourth-order valence-electron chi connectivity index (χ4n) is 4.26. The molecule has 1 aliphatic rings. The van der Waals surface area contributed by atoms with Gasteiger partial charge in [-0.05, 0) is 48.4 Å². The number of fused-ring (bicyclic) bond motifs is 1. The zero-order chi connectivity index (χ0) is 25.9. The number of rotatable bonds is 6. The first-order valence-corrected chi connectivity index (χ1v) is 12.5. The largest absolute Gasteiger partial charge is 0.508 e. The predicted octanol–water partition coefficient (Wildman–Crippen LogP) is 3.65. The smallest absolute Gasteiger partial charge is 0.338 e. The SMILES string of the molecule is CCOC(=O)C1=C(c2ccccc2)N=c2sc(=Cc3ccc(O)cc3)c(=O)n2[C@H]1c1ccc(OC)cc1. The highest BCUT2D eigenvalue weighted by atomic mass is 32.1. The number of thiazole rings is 1. The van der Waals surface area contributed by atoms with Crippen molar-refractivity contribution in [1.29, 1.82) is 0 Å². The predicted molar refractivity (Wildman–Crippen MR) is 142 cm³/mol. The molecule has 0 aliphatic carbocycles. The Morgan fingerprint density at radius 3 is 2.41 bits per heavy atom. The van der Waals surface area contributed by atoms with Crippen LogP contribution in [0.4, 0.5) is 0 Å². The number of methoxy groups -OCH3 is 1. The molecule has 1 atom stereocenters. The van der Waals surface area contributed by atoms with E-state index in [4.69, 9.17) is 14.5 Å². The van der Waals surface area contributed by atoms with Gasteiger partial charge in [0.2, 0.25) is 0 Å². The number of benzene rings is 3. The monoisotopic (exact) mass is 512 g/mol. The fourth-order valence-corrected chi connectivity index (χ4v) is 5.26. The second-order valence-electron chi connectivity index (χ2n) is 8.30. The topological polar surface area (TPSA) is 90.1 Å². The number of nitrogens with zero attached hydrogens (tertiary/aromatic N) is 2. The van der Waals surface area contributed by atoms with Crippen LogP contribution in [0.5, 0.6) is 11.5 Å². The molecule has 0 amide bonds. The molecule has 37 heavy (non-hydrogen) atoms. The van der Waals surface area contributed by atoms with Gasteiger partial charge in [-0.1, -0.05) is 65.9 Å². The Labute approximate surface area is 216 Å². The van der Waals surface area contributed by atoms with Crippen LogP contribution in [0.2, 0.25) is 0 Å². The number of aromatic hydroxyl groups is 1. The molecular formula is C29H24N2O5S. The molecule has 4 aromatic rings. The summed E-state index contributed by atoms with van der Waals surface area (Å²) in [6.07, 6.45) is 1.75. The summed E-state index contributed by atoms with van der Waals surface area (Å²) in [4.78, 5) is 32.5. The van der Waals surface area contributed by atoms with Crippen molar-refractivity contribution in [3.63, 3.8) is 0 Å². The highest BCUT2D eigenvalue weighted by Gasteiger charge is 2.35. The first kappa shape index (κ1) is 24.3. The number of esters is 1. The zero-order valence-corrected chi connectivity index (χ0v) is 21.1. The van der Waals surface area contributed by atoms with Gasteiger partial charge in [0, 0.05) is 5.56 Å². The molecule has 7 nitrogen and oxygen atoms in total. The fraction of sp³-hybridized carbons (Fsp3) is 0.138. The number of aromatic nitrogens is 1. The van der Waals surface area contributed by atoms with Gasteiger partial charge in [-0.2, -0.15) is 0 Å². The van der Waals surface area contributed by atoms with Gasteiger partial charge < -0.3 is 14.6 Å². The van der Waals surface area contributed by atoms with Gasteiger partial charge >= 0.3 is 5.97 Å². The molecule has 0 unspecified atom stereocenters. The quantitative estimate of drug-likeness (QED) is 0.399. The van der Waals surface area contributed by atoms with Crippen LogP contribution >= 0.6 is 11.3 Å². The number of carbonyl (C=O) groups excluding carboxylic acids is 1. The summed E-state index contributed by atoms with van der Waals surface area (Å²) in [6.45, 7) is 1.93. The van der Waals surface area contributed by atoms with E-state index in [9.17, 15) is 14.7 Å². The number of hydrogen-bond donors (Lipinski definition) is 1. The van der Waals surface area contributed by atoms with Crippen LogP contribution in [-0.2, 0) is 9.53 Å². The standard InChI is InChI=1S/C29H24N2O5S/c1-3-36-28(34)24-25(19-7-5-4-6-8-19)30-29-31(26(24)20-11-15-22(35-2)16-12-20)27(33)23(37-29)17-18-9-13-21(32)14-10-18/h4-17,26,32H,3H2,1-2H3/t26-/m0/s1. The van der Waals surface area contributed by atoms with E-state index in [0.29, 0.717) is 26.4 Å². The van der Waals surface area contributed by atoms with E-state index in [-0.39, 0.29) is 17.9 Å². The zero-order valence-electron chi connectivity index (χ0n) is 20.3. The van der Waals surface area contributed by atoms with E-state index in [1.54, 1.807) is 61.1 Å². The highest BCUT2D eigenvalue weighted by Crippen LogP contribution is 2.35. The molecule has 1 aromatic heterocycles. The van der Waals surface area contributed by atoms with E-state index in [2.05, 4.69) is 0 Å². The molecule has 8 heteroatoms. The summed E-state index contributed by atoms with van der Waals surface area (Å²) < 4.78 is 12.8. The average molecular weight is 513 g/mol. The molecule has 1 aliphatic heterocycles. The maximum Gasteiger partial charge on any atom is 0.338 e. The summed E-state index contributed by atoms with van der Waals surface area (Å²) in [5.41, 5.74) is 2.73. The van der Waals surface area contributed by atoms with Gasteiger partial charge in [0.25, 0.3) is 5.56 Å². The average Bonchev–Trinajstić information content (AvgIpc) is 3.24. The molecule has 0 fully saturated rings. The maximum absolute atomic E-state index is 13.8. The lowest BCUT2D eigenvalue weighted by Gasteiger charge is -2.26. The number of phenolic OH excluding ortho intramolecular Hbond substituents is 1. The third kappa shape index (κ3) is 4.71. The van der Waals surface area contributed by atoms with Gasteiger partial charge in [-0.3, -0.25) is 9.36 Å². The second kappa shape index (κ2) is 10.3. The van der Waals surface area contributed by atoms with E-state index in [0.717, 1.165) is 16.7 Å². The molecule has 0 saturated heterocycles. The third-order valence-corrected chi connectivity index (χ3v) is 6.98. The van der Waals surface area contributed by atoms with Crippen molar-refractivity contribution in [3.05, 3.63) is 121 Å². The van der Waals surface area contributed by atoms with Crippen LogP contribution in [0.25, 0.3) is 11.8 Å². The number of ether oxygens (including phenoxy) is 2. The van der Waals surface area contributed by atoms with Crippen LogP contribution in [0.15, 0.2) is 94.2 Å². The van der Waals surface area contributed by atoms with E-state index in [1.165, 1.54) is 11.3 Å². The molecular weight excluding hydrogens is 488 g/mol. The van der Waals surface area contributed by atoms with Crippen molar-refractivity contribution in [2.75, 3.05) is 13.7 Å². The molecule has 0 spiro atoms. The van der Waals surface area contributed by atoms with Crippen LogP contribution in [0, 0.1) is 0 Å². The Morgan fingerprint density at radius 2 is 1.76 bits per heavy atom. The number of carbonyl (C=O) groups is 1. The van der Waals surface area contributed by atoms with E-state index >= 15 is 0 Å². The molecule has 3 aromatic carbocycles. The van der Waals surface area contributed by atoms with Gasteiger partial charge in [-0.25, -0.2) is 9.79 Å². The minimum absolute atomic E-state index is 0.143. The van der Waals surface area contributed by atoms with Crippen LogP contribution in [0.3, 0.4) is 0 Å². The van der Waals surface area contributed by atoms with Gasteiger partial charge in [0.1, 0.15) is 11.5 Å². The minimum Gasteiger partial charge on any atom is -0.508 e. The van der Waals surface area contributed by atoms with E-state index < -0.39 is 12.0 Å². The lowest BCUT2D eigenvalue weighted by molar-refractivity contribution is -0.138. The third-order valence-electron chi connectivity index (χ3n) is 6.00. The first-order chi connectivity index (χ1) is 18.0. The summed E-state index contributed by atoms with van der Waals surface area (Å²) >= 11 is 1.25. The van der Waals surface area contributed by atoms with Crippen LogP contribution in [-0.4, -0.2) is 29.4 Å². The Balaban J connectivity index is 1.81. The number of phenols is 1. The normalized spacial score (nSPS) is 15.2. The highest BCUT2D eigenvalue weighted by molar-refractivity contribution is 7.07. The lowest BCUT2D eigenvalue weighted by Crippen LogP contribution is -2.40. The van der Waals surface area contributed by atoms with Crippen molar-refractivity contribution in [2.24, 2.45) is 4.99 Å². The molecule has 186 valence electrons. The van der Waals surface area contributed by atoms with Gasteiger partial charge in [-0.15, -0.1) is 0 Å². The molecule has 1 N–H and O–H groups in total. The summed E-state index contributed by atoms with van der Waals surface area (Å²) in [6, 6.07) is 22.5. The van der Waals surface area contributed by atoms with Crippen molar-refractivity contribution in [2.45, 2.75) is 13.0 Å². The molecule has 5 rings (SSSR count). The Hall–Kier alpha value is -4.43. The molecule has 0 radical (unpaired) electrons. The Morgan fingerprint density at radius 1 is 1.05 bits per heavy atom.